The Labute approximate surface area is 91.6 Å². The van der Waals surface area contributed by atoms with Crippen LogP contribution in [0, 0.1) is 6.92 Å². The van der Waals surface area contributed by atoms with Crippen molar-refractivity contribution in [3.05, 3.63) is 17.5 Å². The lowest BCUT2D eigenvalue weighted by Gasteiger charge is -2.15. The fraction of sp³-hybridized carbons (Fsp3) is 0.727. The van der Waals surface area contributed by atoms with Crippen LogP contribution in [0.2, 0.25) is 0 Å². The molecule has 0 saturated carbocycles. The van der Waals surface area contributed by atoms with Crippen LogP contribution in [0.1, 0.15) is 24.7 Å². The molecule has 1 aromatic rings. The molecular formula is C11H21N3O. The van der Waals surface area contributed by atoms with Crippen LogP contribution < -0.4 is 5.32 Å². The molecule has 0 aliphatic rings. The van der Waals surface area contributed by atoms with Gasteiger partial charge in [0.15, 0.2) is 0 Å². The summed E-state index contributed by atoms with van der Waals surface area (Å²) >= 11 is 0. The Kier molecular flexibility index (Phi) is 4.78. The molecule has 1 heterocycles. The van der Waals surface area contributed by atoms with Crippen LogP contribution in [0.25, 0.3) is 0 Å². The maximum atomic E-state index is 5.13. The first kappa shape index (κ1) is 12.2. The number of hydrogen-bond acceptors (Lipinski definition) is 3. The lowest BCUT2D eigenvalue weighted by Crippen LogP contribution is -2.32. The maximum absolute atomic E-state index is 5.13. The Balaban J connectivity index is 2.44. The predicted octanol–water partition coefficient (Wildman–Crippen LogP) is 1.24. The van der Waals surface area contributed by atoms with Crippen molar-refractivity contribution in [1.29, 1.82) is 0 Å². The molecule has 15 heavy (non-hydrogen) atoms. The summed E-state index contributed by atoms with van der Waals surface area (Å²) in [5, 5.41) is 7.76. The zero-order chi connectivity index (χ0) is 11.3. The molecule has 1 atom stereocenters. The summed E-state index contributed by atoms with van der Waals surface area (Å²) in [6.07, 6.45) is 1.07. The summed E-state index contributed by atoms with van der Waals surface area (Å²) < 4.78 is 7.05. The average molecular weight is 211 g/mol. The van der Waals surface area contributed by atoms with E-state index in [0.717, 1.165) is 25.3 Å². The van der Waals surface area contributed by atoms with Gasteiger partial charge in [0.2, 0.25) is 0 Å². The summed E-state index contributed by atoms with van der Waals surface area (Å²) in [7, 11) is 3.71. The van der Waals surface area contributed by atoms with Gasteiger partial charge in [-0.25, -0.2) is 0 Å². The van der Waals surface area contributed by atoms with E-state index in [1.54, 1.807) is 7.11 Å². The molecule has 1 aromatic heterocycles. The van der Waals surface area contributed by atoms with E-state index < -0.39 is 0 Å². The molecule has 0 bridgehead atoms. The van der Waals surface area contributed by atoms with Crippen LogP contribution in [0.15, 0.2) is 6.07 Å². The average Bonchev–Trinajstić information content (AvgIpc) is 2.52. The van der Waals surface area contributed by atoms with E-state index in [-0.39, 0.29) is 0 Å². The Bertz CT molecular complexity index is 296. The predicted molar refractivity (Wildman–Crippen MR) is 60.7 cm³/mol. The monoisotopic (exact) mass is 211 g/mol. The molecule has 0 aliphatic heterocycles. The van der Waals surface area contributed by atoms with Crippen LogP contribution >= 0.6 is 0 Å². The molecule has 1 rings (SSSR count). The van der Waals surface area contributed by atoms with Gasteiger partial charge in [0.25, 0.3) is 0 Å². The molecule has 0 saturated heterocycles. The summed E-state index contributed by atoms with van der Waals surface area (Å²) in [5.74, 6) is 0. The van der Waals surface area contributed by atoms with Crippen molar-refractivity contribution < 1.29 is 4.74 Å². The highest BCUT2D eigenvalue weighted by atomic mass is 16.5. The second-order valence-corrected chi connectivity index (χ2v) is 3.84. The summed E-state index contributed by atoms with van der Waals surface area (Å²) in [5.41, 5.74) is 2.27. The zero-order valence-electron chi connectivity index (χ0n) is 10.1. The number of nitrogens with one attached hydrogen (secondary N) is 1. The van der Waals surface area contributed by atoms with Crippen LogP contribution in [0.5, 0.6) is 0 Å². The zero-order valence-corrected chi connectivity index (χ0v) is 10.1. The van der Waals surface area contributed by atoms with Gasteiger partial charge in [-0.1, -0.05) is 6.92 Å². The van der Waals surface area contributed by atoms with Gasteiger partial charge >= 0.3 is 0 Å². The first-order valence-corrected chi connectivity index (χ1v) is 5.39. The third-order valence-electron chi connectivity index (χ3n) is 2.53. The van der Waals surface area contributed by atoms with Crippen molar-refractivity contribution in [3.8, 4) is 0 Å². The second kappa shape index (κ2) is 5.88. The number of hydrogen-bond donors (Lipinski definition) is 1. The van der Waals surface area contributed by atoms with E-state index in [9.17, 15) is 0 Å². The number of aromatic nitrogens is 2. The Morgan fingerprint density at radius 1 is 1.60 bits per heavy atom. The minimum atomic E-state index is 0.421. The molecule has 1 unspecified atom stereocenters. The van der Waals surface area contributed by atoms with Gasteiger partial charge in [-0.3, -0.25) is 4.68 Å². The SMILES string of the molecule is CCC(COC)NCc1cc(C)nn1C. The molecule has 0 aromatic carbocycles. The molecular weight excluding hydrogens is 190 g/mol. The van der Waals surface area contributed by atoms with Gasteiger partial charge in [-0.2, -0.15) is 5.10 Å². The molecule has 86 valence electrons. The van der Waals surface area contributed by atoms with E-state index >= 15 is 0 Å². The van der Waals surface area contributed by atoms with Crippen molar-refractivity contribution in [1.82, 2.24) is 15.1 Å². The smallest absolute Gasteiger partial charge is 0.0615 e. The quantitative estimate of drug-likeness (QED) is 0.769. The van der Waals surface area contributed by atoms with Crippen LogP contribution in [-0.4, -0.2) is 29.5 Å². The second-order valence-electron chi connectivity index (χ2n) is 3.84. The van der Waals surface area contributed by atoms with Gasteiger partial charge in [-0.05, 0) is 19.4 Å². The molecule has 0 amide bonds. The topological polar surface area (TPSA) is 39.1 Å². The molecule has 1 N–H and O–H groups in total. The number of methoxy groups -OCH3 is 1. The third-order valence-corrected chi connectivity index (χ3v) is 2.53. The van der Waals surface area contributed by atoms with Crippen molar-refractivity contribution >= 4 is 0 Å². The Morgan fingerprint density at radius 3 is 2.80 bits per heavy atom. The van der Waals surface area contributed by atoms with Crippen molar-refractivity contribution in [3.63, 3.8) is 0 Å². The Morgan fingerprint density at radius 2 is 2.33 bits per heavy atom. The van der Waals surface area contributed by atoms with E-state index in [0.29, 0.717) is 6.04 Å². The van der Waals surface area contributed by atoms with E-state index in [2.05, 4.69) is 23.4 Å². The van der Waals surface area contributed by atoms with Gasteiger partial charge in [0.1, 0.15) is 0 Å². The van der Waals surface area contributed by atoms with E-state index in [1.165, 1.54) is 5.69 Å². The van der Waals surface area contributed by atoms with Gasteiger partial charge in [0.05, 0.1) is 18.0 Å². The highest BCUT2D eigenvalue weighted by Gasteiger charge is 2.07. The minimum absolute atomic E-state index is 0.421. The Hall–Kier alpha value is -0.870. The van der Waals surface area contributed by atoms with Gasteiger partial charge < -0.3 is 10.1 Å². The van der Waals surface area contributed by atoms with Crippen molar-refractivity contribution in [2.24, 2.45) is 7.05 Å². The lowest BCUT2D eigenvalue weighted by atomic mass is 10.2. The molecule has 0 aliphatic carbocycles. The number of aryl methyl sites for hydroxylation is 2. The maximum Gasteiger partial charge on any atom is 0.0615 e. The first-order valence-electron chi connectivity index (χ1n) is 5.39. The van der Waals surface area contributed by atoms with Crippen LogP contribution in [-0.2, 0) is 18.3 Å². The van der Waals surface area contributed by atoms with Crippen molar-refractivity contribution in [2.45, 2.75) is 32.9 Å². The molecule has 4 heteroatoms. The highest BCUT2D eigenvalue weighted by molar-refractivity contribution is 5.08. The fourth-order valence-electron chi connectivity index (χ4n) is 1.60. The van der Waals surface area contributed by atoms with Gasteiger partial charge in [0, 0.05) is 26.7 Å². The van der Waals surface area contributed by atoms with Gasteiger partial charge in [-0.15, -0.1) is 0 Å². The molecule has 0 fully saturated rings. The van der Waals surface area contributed by atoms with E-state index in [1.807, 2.05) is 18.7 Å². The first-order chi connectivity index (χ1) is 7.17. The minimum Gasteiger partial charge on any atom is -0.383 e. The normalized spacial score (nSPS) is 13.1. The molecule has 0 spiro atoms. The standard InChI is InChI=1S/C11H21N3O/c1-5-10(8-15-4)12-7-11-6-9(2)13-14(11)3/h6,10,12H,5,7-8H2,1-4H3. The summed E-state index contributed by atoms with van der Waals surface area (Å²) in [4.78, 5) is 0. The number of rotatable bonds is 6. The largest absolute Gasteiger partial charge is 0.383 e. The lowest BCUT2D eigenvalue weighted by molar-refractivity contribution is 0.163. The molecule has 0 radical (unpaired) electrons. The van der Waals surface area contributed by atoms with Crippen molar-refractivity contribution in [2.75, 3.05) is 13.7 Å². The van der Waals surface area contributed by atoms with Crippen LogP contribution in [0.3, 0.4) is 0 Å². The fourth-order valence-corrected chi connectivity index (χ4v) is 1.60. The van der Waals surface area contributed by atoms with Crippen LogP contribution in [0.4, 0.5) is 0 Å². The number of ether oxygens (including phenoxy) is 1. The number of nitrogens with zero attached hydrogens (tertiary/aromatic N) is 2. The third kappa shape index (κ3) is 3.64. The summed E-state index contributed by atoms with van der Waals surface area (Å²) in [6, 6.07) is 2.53. The highest BCUT2D eigenvalue weighted by Crippen LogP contribution is 2.02. The molecule has 4 nitrogen and oxygen atoms in total. The van der Waals surface area contributed by atoms with E-state index in [4.69, 9.17) is 4.74 Å². The summed E-state index contributed by atoms with van der Waals surface area (Å²) in [6.45, 7) is 5.77.